The Morgan fingerprint density at radius 1 is 1.31 bits per heavy atom. The Balaban J connectivity index is 1.85. The lowest BCUT2D eigenvalue weighted by molar-refractivity contribution is -0.117. The first-order valence-electron chi connectivity index (χ1n) is 9.16. The van der Waals surface area contributed by atoms with Crippen LogP contribution < -0.4 is 15.5 Å². The smallest absolute Gasteiger partial charge is 0.408 e. The summed E-state index contributed by atoms with van der Waals surface area (Å²) in [5, 5.41) is 5.66. The fraction of sp³-hybridized carbons (Fsp3) is 0.500. The van der Waals surface area contributed by atoms with E-state index in [1.165, 1.54) is 0 Å². The van der Waals surface area contributed by atoms with Crippen LogP contribution in [0.25, 0.3) is 0 Å². The quantitative estimate of drug-likeness (QED) is 0.796. The molecule has 0 radical (unpaired) electrons. The fourth-order valence-electron chi connectivity index (χ4n) is 3.36. The summed E-state index contributed by atoms with van der Waals surface area (Å²) in [6, 6.07) is 7.28. The molecule has 1 aromatic carbocycles. The Morgan fingerprint density at radius 2 is 2.08 bits per heavy atom. The molecule has 1 aromatic rings. The lowest BCUT2D eigenvalue weighted by Crippen LogP contribution is -2.52. The van der Waals surface area contributed by atoms with E-state index in [-0.39, 0.29) is 11.9 Å². The summed E-state index contributed by atoms with van der Waals surface area (Å²) in [5.74, 6) is -0.231. The van der Waals surface area contributed by atoms with E-state index in [4.69, 9.17) is 4.74 Å². The van der Waals surface area contributed by atoms with E-state index < -0.39 is 17.7 Å². The minimum Gasteiger partial charge on any atom is -0.444 e. The molecule has 2 atom stereocenters. The van der Waals surface area contributed by atoms with Gasteiger partial charge in [0.1, 0.15) is 11.6 Å². The largest absolute Gasteiger partial charge is 0.444 e. The number of nitrogens with one attached hydrogen (secondary N) is 2. The van der Waals surface area contributed by atoms with E-state index in [9.17, 15) is 9.59 Å². The summed E-state index contributed by atoms with van der Waals surface area (Å²) in [6.07, 6.45) is 7.03. The number of carbonyl (C=O) groups is 2. The van der Waals surface area contributed by atoms with Gasteiger partial charge in [-0.25, -0.2) is 4.79 Å². The highest BCUT2D eigenvalue weighted by Gasteiger charge is 2.33. The van der Waals surface area contributed by atoms with Crippen molar-refractivity contribution < 1.29 is 14.3 Å². The summed E-state index contributed by atoms with van der Waals surface area (Å²) < 4.78 is 5.32. The van der Waals surface area contributed by atoms with Gasteiger partial charge in [0.15, 0.2) is 0 Å². The average molecular weight is 357 g/mol. The van der Waals surface area contributed by atoms with Gasteiger partial charge >= 0.3 is 6.09 Å². The van der Waals surface area contributed by atoms with Crippen LogP contribution in [-0.4, -0.2) is 36.2 Å². The summed E-state index contributed by atoms with van der Waals surface area (Å²) >= 11 is 0. The molecule has 0 fully saturated rings. The molecule has 26 heavy (non-hydrogen) atoms. The molecule has 140 valence electrons. The van der Waals surface area contributed by atoms with Crippen molar-refractivity contribution in [3.05, 3.63) is 36.4 Å². The first-order chi connectivity index (χ1) is 12.3. The van der Waals surface area contributed by atoms with Gasteiger partial charge in [-0.05, 0) is 52.2 Å². The average Bonchev–Trinajstić information content (AvgIpc) is 2.71. The highest BCUT2D eigenvalue weighted by atomic mass is 16.6. The molecule has 1 aliphatic heterocycles. The Labute approximate surface area is 154 Å². The number of nitrogens with zero attached hydrogens (tertiary/aromatic N) is 1. The summed E-state index contributed by atoms with van der Waals surface area (Å²) in [6.45, 7) is 5.80. The molecule has 2 amide bonds. The van der Waals surface area contributed by atoms with Crippen molar-refractivity contribution in [2.75, 3.05) is 16.8 Å². The number of rotatable bonds is 2. The number of allylic oxidation sites excluding steroid dienone is 1. The molecule has 0 bridgehead atoms. The van der Waals surface area contributed by atoms with Gasteiger partial charge in [-0.1, -0.05) is 24.3 Å². The molecule has 6 heteroatoms. The minimum atomic E-state index is -0.687. The third-order valence-corrected chi connectivity index (χ3v) is 4.49. The predicted octanol–water partition coefficient (Wildman–Crippen LogP) is 3.45. The number of hydrogen-bond acceptors (Lipinski definition) is 4. The SMILES string of the molecule is CC(C)(C)OC(=O)NC1CN(C2C=CCCC2)c2ccccc2NC1=O. The second kappa shape index (κ2) is 7.40. The third kappa shape index (κ3) is 4.36. The molecule has 1 heterocycles. The van der Waals surface area contributed by atoms with Crippen LogP contribution in [-0.2, 0) is 9.53 Å². The maximum atomic E-state index is 12.7. The van der Waals surface area contributed by atoms with Crippen LogP contribution in [0, 0.1) is 0 Å². The zero-order valence-electron chi connectivity index (χ0n) is 15.6. The maximum Gasteiger partial charge on any atom is 0.408 e. The topological polar surface area (TPSA) is 70.7 Å². The Bertz CT molecular complexity index is 708. The highest BCUT2D eigenvalue weighted by Crippen LogP contribution is 2.32. The van der Waals surface area contributed by atoms with Crippen molar-refractivity contribution >= 4 is 23.4 Å². The molecular formula is C20H27N3O3. The second-order valence-electron chi connectivity index (χ2n) is 7.78. The monoisotopic (exact) mass is 357 g/mol. The van der Waals surface area contributed by atoms with E-state index in [1.807, 2.05) is 24.3 Å². The molecule has 2 N–H and O–H groups in total. The Morgan fingerprint density at radius 3 is 2.77 bits per heavy atom. The fourth-order valence-corrected chi connectivity index (χ4v) is 3.36. The summed E-state index contributed by atoms with van der Waals surface area (Å²) in [7, 11) is 0. The van der Waals surface area contributed by atoms with Gasteiger partial charge in [0.2, 0.25) is 5.91 Å². The summed E-state index contributed by atoms with van der Waals surface area (Å²) in [4.78, 5) is 27.1. The van der Waals surface area contributed by atoms with E-state index in [0.29, 0.717) is 6.54 Å². The van der Waals surface area contributed by atoms with Crippen molar-refractivity contribution in [3.63, 3.8) is 0 Å². The Kier molecular flexibility index (Phi) is 5.20. The van der Waals surface area contributed by atoms with Gasteiger partial charge in [0.05, 0.1) is 11.4 Å². The number of benzene rings is 1. The van der Waals surface area contributed by atoms with Gasteiger partial charge in [-0.15, -0.1) is 0 Å². The number of fused-ring (bicyclic) bond motifs is 1. The molecule has 6 nitrogen and oxygen atoms in total. The molecule has 1 aliphatic carbocycles. The van der Waals surface area contributed by atoms with Gasteiger partial charge in [0.25, 0.3) is 0 Å². The van der Waals surface area contributed by atoms with E-state index in [0.717, 1.165) is 30.6 Å². The van der Waals surface area contributed by atoms with Crippen molar-refractivity contribution in [3.8, 4) is 0 Å². The van der Waals surface area contributed by atoms with Crippen molar-refractivity contribution in [2.45, 2.75) is 57.7 Å². The number of alkyl carbamates (subject to hydrolysis) is 1. The summed E-state index contributed by atoms with van der Waals surface area (Å²) in [5.41, 5.74) is 1.14. The Hall–Kier alpha value is -2.50. The van der Waals surface area contributed by atoms with Crippen LogP contribution in [0.3, 0.4) is 0 Å². The number of carbonyl (C=O) groups excluding carboxylic acids is 2. The lowest BCUT2D eigenvalue weighted by Gasteiger charge is -2.34. The second-order valence-corrected chi connectivity index (χ2v) is 7.78. The molecule has 0 saturated heterocycles. The zero-order valence-corrected chi connectivity index (χ0v) is 15.6. The van der Waals surface area contributed by atoms with E-state index in [1.54, 1.807) is 20.8 Å². The van der Waals surface area contributed by atoms with Crippen molar-refractivity contribution in [1.29, 1.82) is 0 Å². The molecular weight excluding hydrogens is 330 g/mol. The minimum absolute atomic E-state index is 0.209. The zero-order chi connectivity index (χ0) is 18.7. The van der Waals surface area contributed by atoms with Gasteiger partial charge in [-0.2, -0.15) is 0 Å². The molecule has 0 spiro atoms. The van der Waals surface area contributed by atoms with Gasteiger partial charge in [-0.3, -0.25) is 4.79 Å². The van der Waals surface area contributed by atoms with Crippen LogP contribution in [0.2, 0.25) is 0 Å². The van der Waals surface area contributed by atoms with Gasteiger partial charge < -0.3 is 20.3 Å². The lowest BCUT2D eigenvalue weighted by atomic mass is 10.00. The van der Waals surface area contributed by atoms with Crippen molar-refractivity contribution in [2.24, 2.45) is 0 Å². The van der Waals surface area contributed by atoms with E-state index >= 15 is 0 Å². The molecule has 3 rings (SSSR count). The third-order valence-electron chi connectivity index (χ3n) is 4.49. The number of hydrogen-bond donors (Lipinski definition) is 2. The van der Waals surface area contributed by atoms with Crippen LogP contribution in [0.15, 0.2) is 36.4 Å². The molecule has 0 aromatic heterocycles. The normalized spacial score (nSPS) is 22.9. The standard InChI is InChI=1S/C20H27N3O3/c1-20(2,3)26-19(25)22-16-13-23(14-9-5-4-6-10-14)17-12-8-7-11-15(17)21-18(16)24/h5,7-9,11-12,14,16H,4,6,10,13H2,1-3H3,(H,21,24)(H,22,25). The first kappa shape index (κ1) is 18.3. The maximum absolute atomic E-state index is 12.7. The van der Waals surface area contributed by atoms with Gasteiger partial charge in [0, 0.05) is 12.6 Å². The predicted molar refractivity (Wildman–Crippen MR) is 102 cm³/mol. The van der Waals surface area contributed by atoms with Crippen molar-refractivity contribution in [1.82, 2.24) is 5.32 Å². The van der Waals surface area contributed by atoms with Crippen LogP contribution >= 0.6 is 0 Å². The van der Waals surface area contributed by atoms with Crippen LogP contribution in [0.4, 0.5) is 16.2 Å². The van der Waals surface area contributed by atoms with Crippen LogP contribution in [0.1, 0.15) is 40.0 Å². The first-order valence-corrected chi connectivity index (χ1v) is 9.16. The number of para-hydroxylation sites is 2. The molecule has 0 saturated carbocycles. The number of ether oxygens (including phenoxy) is 1. The highest BCUT2D eigenvalue weighted by molar-refractivity contribution is 6.01. The van der Waals surface area contributed by atoms with Crippen LogP contribution in [0.5, 0.6) is 0 Å². The number of amides is 2. The number of anilines is 2. The van der Waals surface area contributed by atoms with E-state index in [2.05, 4.69) is 27.7 Å². The molecule has 2 aliphatic rings. The molecule has 2 unspecified atom stereocenters.